The fraction of sp³-hybridized carbons (Fsp3) is 0.182. The second kappa shape index (κ2) is 8.12. The van der Waals surface area contributed by atoms with Gasteiger partial charge in [0.05, 0.1) is 41.3 Å². The number of fused-ring (bicyclic) bond motifs is 1. The molecule has 0 spiro atoms. The first-order chi connectivity index (χ1) is 14.5. The molecule has 2 heterocycles. The van der Waals surface area contributed by atoms with Crippen LogP contribution in [0.5, 0.6) is 5.75 Å². The van der Waals surface area contributed by atoms with E-state index in [1.807, 2.05) is 47.0 Å². The second-order valence-electron chi connectivity index (χ2n) is 6.92. The molecule has 3 N–H and O–H groups in total. The van der Waals surface area contributed by atoms with Crippen molar-refractivity contribution in [1.82, 2.24) is 9.47 Å². The summed E-state index contributed by atoms with van der Waals surface area (Å²) in [7, 11) is 1.55. The molecule has 154 valence electrons. The molecule has 0 bridgehead atoms. The highest BCUT2D eigenvalue weighted by molar-refractivity contribution is 6.36. The number of rotatable bonds is 4. The zero-order valence-corrected chi connectivity index (χ0v) is 17.1. The molecule has 0 atom stereocenters. The van der Waals surface area contributed by atoms with Crippen molar-refractivity contribution >= 4 is 29.2 Å². The maximum Gasteiger partial charge on any atom is 0.322 e. The van der Waals surface area contributed by atoms with Crippen LogP contribution in [0.25, 0.3) is 11.3 Å². The number of ether oxygens (including phenoxy) is 1. The summed E-state index contributed by atoms with van der Waals surface area (Å²) in [5.74, 6) is -0.0450. The Morgan fingerprint density at radius 3 is 2.47 bits per heavy atom. The Bertz CT molecular complexity index is 1110. The minimum absolute atomic E-state index is 0.214. The molecule has 8 heteroatoms. The lowest BCUT2D eigenvalue weighted by molar-refractivity contribution is 0.0997. The Morgan fingerprint density at radius 1 is 1.07 bits per heavy atom. The number of nitrogens with zero attached hydrogens (tertiary/aromatic N) is 2. The summed E-state index contributed by atoms with van der Waals surface area (Å²) < 4.78 is 7.27. The van der Waals surface area contributed by atoms with E-state index < -0.39 is 5.91 Å². The van der Waals surface area contributed by atoms with E-state index in [9.17, 15) is 9.59 Å². The van der Waals surface area contributed by atoms with E-state index in [0.29, 0.717) is 35.2 Å². The lowest BCUT2D eigenvalue weighted by Gasteiger charge is -2.30. The standard InChI is InChI=1S/C22H21ClN4O3/c1-30-17-10-6-5-9-15(17)25-22(29)26-11-12-27-16(13-26)18(21(24)28)19(23)20(27)14-7-3-2-4-8-14/h2-10H,11-13H2,1H3,(H2,24,28)(H,25,29). The van der Waals surface area contributed by atoms with Gasteiger partial charge < -0.3 is 25.3 Å². The van der Waals surface area contributed by atoms with Crippen LogP contribution >= 0.6 is 11.6 Å². The summed E-state index contributed by atoms with van der Waals surface area (Å²) in [5, 5.41) is 3.18. The number of benzene rings is 2. The average molecular weight is 425 g/mol. The van der Waals surface area contributed by atoms with Crippen LogP contribution in [0.15, 0.2) is 54.6 Å². The number of carbonyl (C=O) groups excluding carboxylic acids is 2. The van der Waals surface area contributed by atoms with E-state index in [4.69, 9.17) is 22.1 Å². The summed E-state index contributed by atoms with van der Waals surface area (Å²) in [6, 6.07) is 16.5. The number of nitrogens with two attached hydrogens (primary N) is 1. The van der Waals surface area contributed by atoms with Crippen molar-refractivity contribution in [2.75, 3.05) is 19.0 Å². The molecule has 30 heavy (non-hydrogen) atoms. The van der Waals surface area contributed by atoms with Gasteiger partial charge in [-0.3, -0.25) is 4.79 Å². The molecule has 4 rings (SSSR count). The molecule has 0 fully saturated rings. The fourth-order valence-electron chi connectivity index (χ4n) is 3.77. The Labute approximate surface area is 179 Å². The van der Waals surface area contributed by atoms with Crippen molar-refractivity contribution in [3.05, 3.63) is 70.9 Å². The van der Waals surface area contributed by atoms with Gasteiger partial charge in [-0.1, -0.05) is 54.1 Å². The normalized spacial score (nSPS) is 12.9. The summed E-state index contributed by atoms with van der Waals surface area (Å²) in [5.41, 5.74) is 8.73. The highest BCUT2D eigenvalue weighted by Crippen LogP contribution is 2.38. The number of amides is 3. The van der Waals surface area contributed by atoms with Gasteiger partial charge in [-0.25, -0.2) is 4.79 Å². The van der Waals surface area contributed by atoms with Gasteiger partial charge in [0, 0.05) is 13.1 Å². The lowest BCUT2D eigenvalue weighted by Crippen LogP contribution is -2.41. The van der Waals surface area contributed by atoms with Gasteiger partial charge in [-0.15, -0.1) is 0 Å². The Morgan fingerprint density at radius 2 is 1.77 bits per heavy atom. The smallest absolute Gasteiger partial charge is 0.322 e. The SMILES string of the molecule is COc1ccccc1NC(=O)N1CCn2c(c(C(N)=O)c(Cl)c2-c2ccccc2)C1. The van der Waals surface area contributed by atoms with Crippen molar-refractivity contribution < 1.29 is 14.3 Å². The summed E-state index contributed by atoms with van der Waals surface area (Å²) in [6.07, 6.45) is 0. The van der Waals surface area contributed by atoms with Crippen LogP contribution in [0, 0.1) is 0 Å². The third-order valence-electron chi connectivity index (χ3n) is 5.18. The third kappa shape index (κ3) is 3.48. The third-order valence-corrected chi connectivity index (χ3v) is 5.54. The van der Waals surface area contributed by atoms with E-state index in [1.54, 1.807) is 24.1 Å². The summed E-state index contributed by atoms with van der Waals surface area (Å²) >= 11 is 6.59. The van der Waals surface area contributed by atoms with E-state index >= 15 is 0 Å². The first kappa shape index (κ1) is 19.8. The largest absolute Gasteiger partial charge is 0.495 e. The summed E-state index contributed by atoms with van der Waals surface area (Å²) in [4.78, 5) is 26.7. The quantitative estimate of drug-likeness (QED) is 0.664. The van der Waals surface area contributed by atoms with Crippen molar-refractivity contribution in [1.29, 1.82) is 0 Å². The van der Waals surface area contributed by atoms with Crippen molar-refractivity contribution in [2.24, 2.45) is 5.73 Å². The van der Waals surface area contributed by atoms with Gasteiger partial charge in [0.25, 0.3) is 5.91 Å². The molecule has 0 aliphatic carbocycles. The number of hydrogen-bond donors (Lipinski definition) is 2. The monoisotopic (exact) mass is 424 g/mol. The van der Waals surface area contributed by atoms with Crippen LogP contribution in [-0.2, 0) is 13.1 Å². The van der Waals surface area contributed by atoms with Crippen LogP contribution in [0.4, 0.5) is 10.5 Å². The fourth-order valence-corrected chi connectivity index (χ4v) is 4.18. The highest BCUT2D eigenvalue weighted by atomic mass is 35.5. The Hall–Kier alpha value is -3.45. The van der Waals surface area contributed by atoms with Gasteiger partial charge >= 0.3 is 6.03 Å². The van der Waals surface area contributed by atoms with Crippen LogP contribution < -0.4 is 15.8 Å². The number of primary amides is 1. The second-order valence-corrected chi connectivity index (χ2v) is 7.30. The predicted octanol–water partition coefficient (Wildman–Crippen LogP) is 3.96. The number of urea groups is 1. The number of para-hydroxylation sites is 2. The van der Waals surface area contributed by atoms with E-state index in [1.165, 1.54) is 0 Å². The first-order valence-corrected chi connectivity index (χ1v) is 9.84. The van der Waals surface area contributed by atoms with Crippen molar-refractivity contribution in [3.63, 3.8) is 0 Å². The van der Waals surface area contributed by atoms with Crippen LogP contribution in [-0.4, -0.2) is 35.1 Å². The van der Waals surface area contributed by atoms with Gasteiger partial charge in [0.2, 0.25) is 0 Å². The molecule has 0 radical (unpaired) electrons. The summed E-state index contributed by atoms with van der Waals surface area (Å²) in [6.45, 7) is 1.16. The van der Waals surface area contributed by atoms with E-state index in [0.717, 1.165) is 11.3 Å². The van der Waals surface area contributed by atoms with Crippen LogP contribution in [0.3, 0.4) is 0 Å². The number of aromatic nitrogens is 1. The van der Waals surface area contributed by atoms with Gasteiger partial charge in [-0.2, -0.15) is 0 Å². The number of anilines is 1. The molecule has 1 aliphatic rings. The minimum atomic E-state index is -0.613. The molecule has 2 aromatic carbocycles. The molecule has 1 aliphatic heterocycles. The minimum Gasteiger partial charge on any atom is -0.495 e. The zero-order chi connectivity index (χ0) is 21.3. The molecular formula is C22H21ClN4O3. The Kier molecular flexibility index (Phi) is 5.37. The van der Waals surface area contributed by atoms with Gasteiger partial charge in [-0.05, 0) is 17.7 Å². The number of carbonyl (C=O) groups is 2. The maximum atomic E-state index is 12.9. The van der Waals surface area contributed by atoms with Gasteiger partial charge in [0.1, 0.15) is 5.75 Å². The maximum absolute atomic E-state index is 12.9. The molecule has 7 nitrogen and oxygen atoms in total. The highest BCUT2D eigenvalue weighted by Gasteiger charge is 2.31. The molecule has 3 amide bonds. The topological polar surface area (TPSA) is 89.6 Å². The zero-order valence-electron chi connectivity index (χ0n) is 16.4. The lowest BCUT2D eigenvalue weighted by atomic mass is 10.1. The van der Waals surface area contributed by atoms with Crippen molar-refractivity contribution in [3.8, 4) is 17.0 Å². The number of hydrogen-bond acceptors (Lipinski definition) is 3. The van der Waals surface area contributed by atoms with Crippen LogP contribution in [0.1, 0.15) is 16.1 Å². The number of halogens is 1. The first-order valence-electron chi connectivity index (χ1n) is 9.46. The van der Waals surface area contributed by atoms with E-state index in [-0.39, 0.29) is 18.1 Å². The number of methoxy groups -OCH3 is 1. The van der Waals surface area contributed by atoms with Crippen LogP contribution in [0.2, 0.25) is 5.02 Å². The molecule has 0 unspecified atom stereocenters. The average Bonchev–Trinajstić information content (AvgIpc) is 3.05. The molecule has 3 aromatic rings. The van der Waals surface area contributed by atoms with E-state index in [2.05, 4.69) is 5.32 Å². The molecule has 0 saturated heterocycles. The number of nitrogens with one attached hydrogen (secondary N) is 1. The van der Waals surface area contributed by atoms with Gasteiger partial charge in [0.15, 0.2) is 0 Å². The molecule has 0 saturated carbocycles. The molecule has 1 aromatic heterocycles. The Balaban J connectivity index is 1.67. The molecular weight excluding hydrogens is 404 g/mol. The predicted molar refractivity (Wildman–Crippen MR) is 116 cm³/mol. The van der Waals surface area contributed by atoms with Crippen molar-refractivity contribution in [2.45, 2.75) is 13.1 Å².